The minimum absolute atomic E-state index is 0.0682. The van der Waals surface area contributed by atoms with Crippen LogP contribution in [0.1, 0.15) is 137 Å². The number of allylic oxidation sites excluding steroid dienone is 1. The monoisotopic (exact) mass is 758 g/mol. The third-order valence-electron chi connectivity index (χ3n) is 16.6. The molecule has 8 aliphatic carbocycles. The molecule has 0 bridgehead atoms. The predicted octanol–water partition coefficient (Wildman–Crippen LogP) is 6.80. The first-order valence-electron chi connectivity index (χ1n) is 19.5. The van der Waals surface area contributed by atoms with Gasteiger partial charge in [-0.05, 0) is 160 Å². The van der Waals surface area contributed by atoms with Gasteiger partial charge < -0.3 is 10.2 Å². The number of hydrogen-bond acceptors (Lipinski definition) is 8. The van der Waals surface area contributed by atoms with Crippen molar-refractivity contribution in [3.8, 4) is 0 Å². The van der Waals surface area contributed by atoms with Gasteiger partial charge in [0, 0.05) is 11.8 Å². The molecule has 0 radical (unpaired) electrons. The van der Waals surface area contributed by atoms with E-state index in [-0.39, 0.29) is 34.6 Å². The number of rotatable bonds is 2. The number of carbonyl (C=O) groups excluding carboxylic acids is 1. The maximum atomic E-state index is 12.4. The molecule has 51 heavy (non-hydrogen) atoms. The molecule has 0 aromatic carbocycles. The molecular formula is C38H62O11S2. The molecule has 0 unspecified atom stereocenters. The van der Waals surface area contributed by atoms with Crippen LogP contribution in [0.25, 0.3) is 0 Å². The van der Waals surface area contributed by atoms with Crippen LogP contribution in [0.5, 0.6) is 0 Å². The Morgan fingerprint density at radius 3 is 1.92 bits per heavy atom. The van der Waals surface area contributed by atoms with Crippen LogP contribution in [-0.2, 0) is 29.8 Å². The van der Waals surface area contributed by atoms with Crippen LogP contribution in [0.15, 0.2) is 11.6 Å². The minimum atomic E-state index is -4.67. The van der Waals surface area contributed by atoms with Gasteiger partial charge in [-0.25, -0.2) is 4.18 Å². The summed E-state index contributed by atoms with van der Waals surface area (Å²) in [5.41, 5.74) is 2.19. The summed E-state index contributed by atoms with van der Waals surface area (Å²) in [5.74, 6) is 5.09. The fourth-order valence-electron chi connectivity index (χ4n) is 13.9. The van der Waals surface area contributed by atoms with Crippen molar-refractivity contribution < 1.29 is 49.7 Å². The van der Waals surface area contributed by atoms with Crippen molar-refractivity contribution in [3.63, 3.8) is 0 Å². The first-order chi connectivity index (χ1) is 23.6. The number of fused-ring (bicyclic) bond motifs is 10. The molecule has 14 atom stereocenters. The summed E-state index contributed by atoms with van der Waals surface area (Å²) in [4.78, 5) is 12.4. The third kappa shape index (κ3) is 7.54. The van der Waals surface area contributed by atoms with Crippen LogP contribution in [0.4, 0.5) is 0 Å². The highest BCUT2D eigenvalue weighted by Gasteiger charge is 2.61. The Hall–Kier alpha value is -0.930. The van der Waals surface area contributed by atoms with Crippen LogP contribution in [0.3, 0.4) is 0 Å². The lowest BCUT2D eigenvalue weighted by Crippen LogP contribution is -2.54. The zero-order chi connectivity index (χ0) is 37.4. The van der Waals surface area contributed by atoms with Gasteiger partial charge in [0.05, 0.1) is 18.3 Å². The van der Waals surface area contributed by atoms with Gasteiger partial charge in [0.25, 0.3) is 0 Å². The van der Waals surface area contributed by atoms with Gasteiger partial charge in [0.15, 0.2) is 0 Å². The number of hydrogen-bond donors (Lipinski definition) is 5. The van der Waals surface area contributed by atoms with E-state index in [4.69, 9.17) is 26.3 Å². The summed E-state index contributed by atoms with van der Waals surface area (Å²) < 4.78 is 67.6. The quantitative estimate of drug-likeness (QED) is 0.147. The molecule has 13 heteroatoms. The molecule has 0 aromatic heterocycles. The molecule has 0 amide bonds. The molecule has 0 saturated heterocycles. The van der Waals surface area contributed by atoms with E-state index in [9.17, 15) is 23.4 Å². The van der Waals surface area contributed by atoms with Gasteiger partial charge in [-0.15, -0.1) is 0 Å². The predicted molar refractivity (Wildman–Crippen MR) is 191 cm³/mol. The fraction of sp³-hybridized carbons (Fsp3) is 0.921. The Morgan fingerprint density at radius 1 is 0.647 bits per heavy atom. The molecule has 8 aliphatic rings. The number of aliphatic hydroxyl groups is 2. The molecule has 8 rings (SSSR count). The summed E-state index contributed by atoms with van der Waals surface area (Å²) in [6.45, 7) is 9.41. The number of Topliss-reactive ketones (excluding diaryl/α,β-unsaturated/α-hetero) is 1. The maximum Gasteiger partial charge on any atom is 0.397 e. The molecule has 0 spiro atoms. The van der Waals surface area contributed by atoms with Crippen LogP contribution in [-0.4, -0.2) is 64.8 Å². The van der Waals surface area contributed by atoms with Crippen molar-refractivity contribution in [2.45, 2.75) is 155 Å². The molecule has 292 valence electrons. The summed E-state index contributed by atoms with van der Waals surface area (Å²) in [6, 6.07) is 0. The summed E-state index contributed by atoms with van der Waals surface area (Å²) >= 11 is 0. The summed E-state index contributed by atoms with van der Waals surface area (Å²) in [6.07, 6.45) is 19.4. The van der Waals surface area contributed by atoms with E-state index in [1.165, 1.54) is 32.1 Å². The molecule has 0 aromatic rings. The van der Waals surface area contributed by atoms with Crippen molar-refractivity contribution in [1.29, 1.82) is 0 Å². The zero-order valence-corrected chi connectivity index (χ0v) is 32.5. The molecule has 7 saturated carbocycles. The van der Waals surface area contributed by atoms with E-state index < -0.39 is 20.8 Å². The number of carbonyl (C=O) groups is 1. The lowest BCUT2D eigenvalue weighted by atomic mass is 9.45. The van der Waals surface area contributed by atoms with Gasteiger partial charge in [-0.1, -0.05) is 39.3 Å². The third-order valence-corrected chi connectivity index (χ3v) is 17.1. The van der Waals surface area contributed by atoms with Crippen molar-refractivity contribution >= 4 is 26.6 Å². The highest BCUT2D eigenvalue weighted by atomic mass is 32.3. The molecular weight excluding hydrogens is 697 g/mol. The topological polar surface area (TPSA) is 196 Å². The zero-order valence-electron chi connectivity index (χ0n) is 30.9. The second-order valence-electron chi connectivity index (χ2n) is 18.7. The minimum Gasteiger partial charge on any atom is -0.393 e. The van der Waals surface area contributed by atoms with Crippen molar-refractivity contribution in [2.75, 3.05) is 0 Å². The Kier molecular flexibility index (Phi) is 10.9. The number of aliphatic hydroxyl groups excluding tert-OH is 2. The Morgan fingerprint density at radius 2 is 1.24 bits per heavy atom. The van der Waals surface area contributed by atoms with Crippen LogP contribution in [0, 0.1) is 63.1 Å². The Balaban J connectivity index is 0.000000157. The van der Waals surface area contributed by atoms with E-state index in [1.807, 2.05) is 0 Å². The van der Waals surface area contributed by atoms with E-state index in [0.29, 0.717) is 41.3 Å². The van der Waals surface area contributed by atoms with Gasteiger partial charge >= 0.3 is 20.8 Å². The van der Waals surface area contributed by atoms with Crippen molar-refractivity contribution in [3.05, 3.63) is 11.6 Å². The average molecular weight is 759 g/mol. The van der Waals surface area contributed by atoms with Crippen LogP contribution >= 0.6 is 0 Å². The SMILES string of the molecule is C[C@]12CC[C@@H](OS(=O)(=O)O)C[C@@H]1CC[C@@H]1[C@@H]2CC[C@]2(C)C(=O)CC[C@@H]12.C[C@]12CC[C@H]3[C@@H](CCC4=C[C@@H](O)CC[C@@]43C)[C@@H]1CC[C@@H]2O.O=S(=O)(O)O. The van der Waals surface area contributed by atoms with Gasteiger partial charge in [-0.2, -0.15) is 16.8 Å². The van der Waals surface area contributed by atoms with E-state index in [1.54, 1.807) is 5.57 Å². The van der Waals surface area contributed by atoms with Crippen LogP contribution < -0.4 is 0 Å². The first-order valence-corrected chi connectivity index (χ1v) is 22.3. The summed E-state index contributed by atoms with van der Waals surface area (Å²) in [7, 11) is -9.03. The maximum absolute atomic E-state index is 12.4. The molecule has 11 nitrogen and oxygen atoms in total. The average Bonchev–Trinajstić information content (AvgIpc) is 3.50. The molecule has 0 heterocycles. The second kappa shape index (κ2) is 14.0. The molecule has 7 fully saturated rings. The van der Waals surface area contributed by atoms with Gasteiger partial charge in [0.1, 0.15) is 5.78 Å². The van der Waals surface area contributed by atoms with E-state index in [0.717, 1.165) is 88.4 Å². The summed E-state index contributed by atoms with van der Waals surface area (Å²) in [5, 5.41) is 20.4. The van der Waals surface area contributed by atoms with Gasteiger partial charge in [0.2, 0.25) is 0 Å². The van der Waals surface area contributed by atoms with Crippen molar-refractivity contribution in [1.82, 2.24) is 0 Å². The fourth-order valence-corrected chi connectivity index (χ4v) is 14.5. The van der Waals surface area contributed by atoms with Crippen LogP contribution in [0.2, 0.25) is 0 Å². The normalized spacial score (nSPS) is 48.8. The van der Waals surface area contributed by atoms with Crippen molar-refractivity contribution in [2.24, 2.45) is 63.1 Å². The Labute approximate surface area is 305 Å². The van der Waals surface area contributed by atoms with Gasteiger partial charge in [-0.3, -0.25) is 18.5 Å². The largest absolute Gasteiger partial charge is 0.397 e. The van der Waals surface area contributed by atoms with E-state index in [2.05, 4.69) is 33.8 Å². The molecule has 0 aliphatic heterocycles. The smallest absolute Gasteiger partial charge is 0.393 e. The lowest BCUT2D eigenvalue weighted by molar-refractivity contribution is -0.141. The highest BCUT2D eigenvalue weighted by molar-refractivity contribution is 7.81. The molecule has 5 N–H and O–H groups in total. The highest BCUT2D eigenvalue weighted by Crippen LogP contribution is 2.67. The standard InChI is InChI=1S/C19H30O5S.C19H30O2.H2O4S/c1-18-9-7-13(24-25(21,22)23)11-12(18)3-4-14-15-5-6-17(20)19(15,2)10-8-16(14)18;1-18-9-7-13(20)11-12(18)3-4-14-15-5-6-17(21)19(15,2)10-8-16(14)18;1-5(2,3)4/h12-16H,3-11H2,1-2H3,(H,21,22,23);11,13-17,20-21H,3-10H2,1-2H3;(H2,1,2,3,4)/t12-,13+,14-,15-,16-,18-,19-;13-,14-,15-,16-,17-,18-,19-;/m00./s1. The second-order valence-corrected chi connectivity index (χ2v) is 20.7. The Bertz CT molecular complexity index is 1570. The van der Waals surface area contributed by atoms with E-state index >= 15 is 0 Å². The first kappa shape index (κ1) is 39.8. The lowest BCUT2D eigenvalue weighted by Gasteiger charge is -2.60. The number of ketones is 1.